The zero-order valence-electron chi connectivity index (χ0n) is 19.0. The summed E-state index contributed by atoms with van der Waals surface area (Å²) in [5.74, 6) is -0.122. The first-order chi connectivity index (χ1) is 15.9. The molecular weight excluding hydrogens is 426 g/mol. The van der Waals surface area contributed by atoms with Crippen LogP contribution >= 0.6 is 0 Å². The predicted octanol–water partition coefficient (Wildman–Crippen LogP) is 4.38. The second-order valence-corrected chi connectivity index (χ2v) is 8.32. The summed E-state index contributed by atoms with van der Waals surface area (Å²) in [4.78, 5) is 18.7. The Morgan fingerprint density at radius 2 is 1.73 bits per heavy atom. The van der Waals surface area contributed by atoms with Crippen LogP contribution in [0.3, 0.4) is 0 Å². The maximum atomic E-state index is 13.7. The van der Waals surface area contributed by atoms with Gasteiger partial charge in [0.15, 0.2) is 5.82 Å². The minimum atomic E-state index is -0.613. The third kappa shape index (κ3) is 5.74. The van der Waals surface area contributed by atoms with E-state index in [2.05, 4.69) is 58.4 Å². The Labute approximate surface area is 192 Å². The highest BCUT2D eigenvalue weighted by atomic mass is 19.1. The Morgan fingerprint density at radius 1 is 1.00 bits per heavy atom. The van der Waals surface area contributed by atoms with Crippen LogP contribution in [0.1, 0.15) is 18.0 Å². The van der Waals surface area contributed by atoms with E-state index in [1.165, 1.54) is 18.5 Å². The molecular formula is C24H28F2N6O. The quantitative estimate of drug-likeness (QED) is 0.542. The topological polar surface area (TPSA) is 56.8 Å². The molecule has 1 aromatic heterocycles. The monoisotopic (exact) mass is 454 g/mol. The lowest BCUT2D eigenvalue weighted by molar-refractivity contribution is 0.156. The zero-order chi connectivity index (χ0) is 23.4. The number of nitrogens with zero attached hydrogens (tertiary/aromatic N) is 5. The van der Waals surface area contributed by atoms with Gasteiger partial charge in [0, 0.05) is 50.1 Å². The van der Waals surface area contributed by atoms with Gasteiger partial charge in [-0.1, -0.05) is 0 Å². The van der Waals surface area contributed by atoms with E-state index in [0.717, 1.165) is 30.5 Å². The van der Waals surface area contributed by atoms with E-state index < -0.39 is 11.6 Å². The van der Waals surface area contributed by atoms with Crippen LogP contribution in [-0.2, 0) is 4.84 Å². The summed E-state index contributed by atoms with van der Waals surface area (Å²) in [5.41, 5.74) is 2.52. The van der Waals surface area contributed by atoms with E-state index in [1.807, 2.05) is 12.1 Å². The van der Waals surface area contributed by atoms with Crippen LogP contribution < -0.4 is 15.3 Å². The Bertz CT molecular complexity index is 1060. The van der Waals surface area contributed by atoms with Crippen molar-refractivity contribution in [1.82, 2.24) is 14.9 Å². The van der Waals surface area contributed by atoms with E-state index in [1.54, 1.807) is 11.1 Å². The van der Waals surface area contributed by atoms with Gasteiger partial charge in [0.2, 0.25) is 0 Å². The van der Waals surface area contributed by atoms with Crippen LogP contribution in [0.2, 0.25) is 0 Å². The molecule has 1 saturated heterocycles. The summed E-state index contributed by atoms with van der Waals surface area (Å²) in [6.45, 7) is 2.33. The molecule has 33 heavy (non-hydrogen) atoms. The second kappa shape index (κ2) is 10.1. The minimum absolute atomic E-state index is 0.338. The van der Waals surface area contributed by atoms with Crippen molar-refractivity contribution in [2.45, 2.75) is 12.5 Å². The number of nitrogens with one attached hydrogen (secondary N) is 1. The molecule has 0 radical (unpaired) electrons. The van der Waals surface area contributed by atoms with Gasteiger partial charge in [-0.25, -0.2) is 23.8 Å². The van der Waals surface area contributed by atoms with Crippen LogP contribution in [0, 0.1) is 11.6 Å². The van der Waals surface area contributed by atoms with E-state index in [-0.39, 0.29) is 6.04 Å². The van der Waals surface area contributed by atoms with Crippen molar-refractivity contribution in [3.8, 4) is 0 Å². The maximum absolute atomic E-state index is 13.7. The zero-order valence-corrected chi connectivity index (χ0v) is 19.0. The first-order valence-corrected chi connectivity index (χ1v) is 10.8. The van der Waals surface area contributed by atoms with E-state index in [9.17, 15) is 8.78 Å². The van der Waals surface area contributed by atoms with Crippen molar-refractivity contribution in [2.75, 3.05) is 56.1 Å². The fourth-order valence-electron chi connectivity index (χ4n) is 3.73. The molecule has 1 aliphatic heterocycles. The summed E-state index contributed by atoms with van der Waals surface area (Å²) in [5, 5.41) is 4.86. The normalized spacial score (nSPS) is 15.8. The Hall–Kier alpha value is -3.30. The first kappa shape index (κ1) is 22.9. The first-order valence-electron chi connectivity index (χ1n) is 10.8. The lowest BCUT2D eigenvalue weighted by Gasteiger charge is -2.24. The number of hydrogen-bond donors (Lipinski definition) is 1. The Morgan fingerprint density at radius 3 is 2.42 bits per heavy atom. The number of benzene rings is 2. The average Bonchev–Trinajstić information content (AvgIpc) is 3.28. The third-order valence-corrected chi connectivity index (χ3v) is 5.52. The molecule has 0 amide bonds. The number of likely N-dealkylation sites (N-methyl/N-ethyl adjacent to an activating group) is 2. The number of hydrogen-bond acceptors (Lipinski definition) is 7. The van der Waals surface area contributed by atoms with Gasteiger partial charge in [-0.05, 0) is 56.1 Å². The molecule has 1 atom stereocenters. The summed E-state index contributed by atoms with van der Waals surface area (Å²) in [6.07, 6.45) is 2.03. The number of halogens is 2. The van der Waals surface area contributed by atoms with Gasteiger partial charge in [0.1, 0.15) is 23.8 Å². The smallest absolute Gasteiger partial charge is 0.158 e. The molecule has 4 rings (SSSR count). The molecule has 1 N–H and O–H groups in total. The van der Waals surface area contributed by atoms with Crippen molar-refractivity contribution in [3.05, 3.63) is 72.1 Å². The standard InChI is InChI=1S/C24H28F2N6O/c1-30(2)9-10-31(3)21-6-4-20(5-7-21)29-23-15-24(28-16-27-23)32-22(8-11-33-32)17-12-18(25)14-19(26)13-17/h4-7,12-16,22H,8-11H2,1-3H3,(H,27,28,29). The highest BCUT2D eigenvalue weighted by Crippen LogP contribution is 2.35. The summed E-state index contributed by atoms with van der Waals surface area (Å²) < 4.78 is 27.5. The minimum Gasteiger partial charge on any atom is -0.373 e. The molecule has 1 unspecified atom stereocenters. The molecule has 2 aromatic carbocycles. The molecule has 7 nitrogen and oxygen atoms in total. The van der Waals surface area contributed by atoms with Crippen molar-refractivity contribution in [3.63, 3.8) is 0 Å². The number of hydroxylamine groups is 1. The Balaban J connectivity index is 1.46. The van der Waals surface area contributed by atoms with Crippen LogP contribution in [0.5, 0.6) is 0 Å². The van der Waals surface area contributed by atoms with Crippen molar-refractivity contribution in [1.29, 1.82) is 0 Å². The Kier molecular flexibility index (Phi) is 7.00. The molecule has 0 aliphatic carbocycles. The second-order valence-electron chi connectivity index (χ2n) is 8.32. The number of rotatable bonds is 8. The van der Waals surface area contributed by atoms with Crippen molar-refractivity contribution < 1.29 is 13.6 Å². The van der Waals surface area contributed by atoms with Gasteiger partial charge in [-0.3, -0.25) is 4.84 Å². The van der Waals surface area contributed by atoms with Crippen molar-refractivity contribution >= 4 is 23.0 Å². The van der Waals surface area contributed by atoms with Gasteiger partial charge in [0.05, 0.1) is 12.6 Å². The summed E-state index contributed by atoms with van der Waals surface area (Å²) in [6, 6.07) is 13.0. The molecule has 0 bridgehead atoms. The van der Waals surface area contributed by atoms with Crippen LogP contribution in [0.4, 0.5) is 31.8 Å². The number of aromatic nitrogens is 2. The molecule has 3 aromatic rings. The molecule has 1 aliphatic rings. The average molecular weight is 455 g/mol. The van der Waals surface area contributed by atoms with E-state index in [4.69, 9.17) is 4.84 Å². The molecule has 0 spiro atoms. The van der Waals surface area contributed by atoms with Gasteiger partial charge < -0.3 is 15.1 Å². The molecule has 2 heterocycles. The fourth-order valence-corrected chi connectivity index (χ4v) is 3.73. The SMILES string of the molecule is CN(C)CCN(C)c1ccc(Nc2cc(N3OCCC3c3cc(F)cc(F)c3)ncn2)cc1. The molecule has 1 fully saturated rings. The van der Waals surface area contributed by atoms with Crippen LogP contribution in [0.25, 0.3) is 0 Å². The third-order valence-electron chi connectivity index (χ3n) is 5.52. The van der Waals surface area contributed by atoms with Crippen LogP contribution in [-0.4, -0.2) is 55.7 Å². The van der Waals surface area contributed by atoms with E-state index in [0.29, 0.717) is 30.2 Å². The van der Waals surface area contributed by atoms with Gasteiger partial charge >= 0.3 is 0 Å². The predicted molar refractivity (Wildman–Crippen MR) is 126 cm³/mol. The molecule has 9 heteroatoms. The van der Waals surface area contributed by atoms with Gasteiger partial charge in [0.25, 0.3) is 0 Å². The highest BCUT2D eigenvalue weighted by molar-refractivity contribution is 5.62. The largest absolute Gasteiger partial charge is 0.373 e. The summed E-state index contributed by atoms with van der Waals surface area (Å²) in [7, 11) is 6.19. The number of anilines is 4. The van der Waals surface area contributed by atoms with Crippen molar-refractivity contribution in [2.24, 2.45) is 0 Å². The lowest BCUT2D eigenvalue weighted by atomic mass is 10.0. The maximum Gasteiger partial charge on any atom is 0.158 e. The van der Waals surface area contributed by atoms with Gasteiger partial charge in [-0.2, -0.15) is 0 Å². The highest BCUT2D eigenvalue weighted by Gasteiger charge is 2.30. The fraction of sp³-hybridized carbons (Fsp3) is 0.333. The summed E-state index contributed by atoms with van der Waals surface area (Å²) >= 11 is 0. The van der Waals surface area contributed by atoms with E-state index >= 15 is 0 Å². The van der Waals surface area contributed by atoms with Crippen LogP contribution in [0.15, 0.2) is 54.9 Å². The molecule has 0 saturated carbocycles. The van der Waals surface area contributed by atoms with Gasteiger partial charge in [-0.15, -0.1) is 0 Å². The lowest BCUT2D eigenvalue weighted by Crippen LogP contribution is -2.28. The molecule has 174 valence electrons.